The van der Waals surface area contributed by atoms with E-state index in [-0.39, 0.29) is 11.9 Å². The van der Waals surface area contributed by atoms with Gasteiger partial charge in [0, 0.05) is 32.7 Å². The molecule has 0 bridgehead atoms. The first-order valence-electron chi connectivity index (χ1n) is 6.31. The summed E-state index contributed by atoms with van der Waals surface area (Å²) in [5, 5.41) is 0. The number of nitrogens with two attached hydrogens (primary N) is 1. The molecule has 0 aromatic rings. The van der Waals surface area contributed by atoms with Gasteiger partial charge in [0.15, 0.2) is 0 Å². The SMILES string of the molecule is CC[C@H](N)C(=O)N1CCN(CC(C)C)CC1. The number of hydrogen-bond donors (Lipinski definition) is 1. The van der Waals surface area contributed by atoms with Crippen LogP contribution in [-0.2, 0) is 4.79 Å². The second kappa shape index (κ2) is 6.21. The molecule has 0 radical (unpaired) electrons. The zero-order valence-corrected chi connectivity index (χ0v) is 10.8. The summed E-state index contributed by atoms with van der Waals surface area (Å²) in [6.07, 6.45) is 0.727. The summed E-state index contributed by atoms with van der Waals surface area (Å²) >= 11 is 0. The zero-order chi connectivity index (χ0) is 12.1. The molecule has 1 saturated heterocycles. The molecule has 2 N–H and O–H groups in total. The molecule has 0 spiro atoms. The van der Waals surface area contributed by atoms with Gasteiger partial charge in [-0.3, -0.25) is 9.69 Å². The lowest BCUT2D eigenvalue weighted by Gasteiger charge is -2.36. The van der Waals surface area contributed by atoms with Gasteiger partial charge in [0.25, 0.3) is 0 Å². The van der Waals surface area contributed by atoms with Crippen molar-refractivity contribution in [1.82, 2.24) is 9.80 Å². The number of piperazine rings is 1. The van der Waals surface area contributed by atoms with Gasteiger partial charge in [0.2, 0.25) is 5.91 Å². The van der Waals surface area contributed by atoms with Gasteiger partial charge in [0.05, 0.1) is 6.04 Å². The lowest BCUT2D eigenvalue weighted by molar-refractivity contribution is -0.134. The largest absolute Gasteiger partial charge is 0.339 e. The fourth-order valence-electron chi connectivity index (χ4n) is 2.08. The van der Waals surface area contributed by atoms with Crippen molar-refractivity contribution >= 4 is 5.91 Å². The highest BCUT2D eigenvalue weighted by atomic mass is 16.2. The third-order valence-corrected chi connectivity index (χ3v) is 3.06. The van der Waals surface area contributed by atoms with Gasteiger partial charge in [-0.25, -0.2) is 0 Å². The predicted molar refractivity (Wildman–Crippen MR) is 66.1 cm³/mol. The van der Waals surface area contributed by atoms with Gasteiger partial charge in [-0.15, -0.1) is 0 Å². The molecule has 1 heterocycles. The number of hydrogen-bond acceptors (Lipinski definition) is 3. The van der Waals surface area contributed by atoms with Crippen LogP contribution in [0.2, 0.25) is 0 Å². The molecule has 0 aliphatic carbocycles. The van der Waals surface area contributed by atoms with Crippen LogP contribution >= 0.6 is 0 Å². The van der Waals surface area contributed by atoms with Crippen LogP contribution < -0.4 is 5.73 Å². The molecule has 4 heteroatoms. The van der Waals surface area contributed by atoms with Crippen molar-refractivity contribution < 1.29 is 4.79 Å². The molecule has 0 aromatic carbocycles. The van der Waals surface area contributed by atoms with E-state index < -0.39 is 0 Å². The Labute approximate surface area is 98.8 Å². The standard InChI is InChI=1S/C12H25N3O/c1-4-11(13)12(16)15-7-5-14(6-8-15)9-10(2)3/h10-11H,4-9,13H2,1-3H3/t11-/m0/s1. The van der Waals surface area contributed by atoms with Crippen molar-refractivity contribution in [2.75, 3.05) is 32.7 Å². The summed E-state index contributed by atoms with van der Waals surface area (Å²) in [4.78, 5) is 16.2. The van der Waals surface area contributed by atoms with Crippen molar-refractivity contribution in [3.05, 3.63) is 0 Å². The minimum atomic E-state index is -0.309. The Morgan fingerprint density at radius 1 is 1.25 bits per heavy atom. The van der Waals surface area contributed by atoms with Gasteiger partial charge in [0.1, 0.15) is 0 Å². The molecule has 4 nitrogen and oxygen atoms in total. The number of carbonyl (C=O) groups is 1. The van der Waals surface area contributed by atoms with Gasteiger partial charge >= 0.3 is 0 Å². The van der Waals surface area contributed by atoms with E-state index in [0.29, 0.717) is 5.92 Å². The quantitative estimate of drug-likeness (QED) is 0.762. The van der Waals surface area contributed by atoms with E-state index in [4.69, 9.17) is 5.73 Å². The van der Waals surface area contributed by atoms with Crippen LogP contribution in [-0.4, -0.2) is 54.5 Å². The molecule has 94 valence electrons. The number of nitrogens with zero attached hydrogens (tertiary/aromatic N) is 2. The normalized spacial score (nSPS) is 20.2. The monoisotopic (exact) mass is 227 g/mol. The summed E-state index contributed by atoms with van der Waals surface area (Å²) in [5.41, 5.74) is 5.76. The minimum absolute atomic E-state index is 0.117. The summed E-state index contributed by atoms with van der Waals surface area (Å²) in [7, 11) is 0. The van der Waals surface area contributed by atoms with E-state index in [1.807, 2.05) is 11.8 Å². The Kier molecular flexibility index (Phi) is 5.22. The number of amides is 1. The molecule has 0 aromatic heterocycles. The molecule has 1 atom stereocenters. The van der Waals surface area contributed by atoms with E-state index in [0.717, 1.165) is 39.1 Å². The Morgan fingerprint density at radius 2 is 1.81 bits per heavy atom. The molecule has 1 amide bonds. The summed E-state index contributed by atoms with van der Waals surface area (Å²) in [5.74, 6) is 0.812. The average Bonchev–Trinajstić information content (AvgIpc) is 2.27. The van der Waals surface area contributed by atoms with E-state index in [2.05, 4.69) is 18.7 Å². The number of carbonyl (C=O) groups excluding carboxylic acids is 1. The summed E-state index contributed by atoms with van der Waals surface area (Å²) in [6.45, 7) is 11.2. The topological polar surface area (TPSA) is 49.6 Å². The van der Waals surface area contributed by atoms with Gasteiger partial charge in [-0.2, -0.15) is 0 Å². The Hall–Kier alpha value is -0.610. The van der Waals surface area contributed by atoms with Crippen molar-refractivity contribution in [3.63, 3.8) is 0 Å². The molecule has 1 aliphatic heterocycles. The van der Waals surface area contributed by atoms with Crippen LogP contribution in [0.4, 0.5) is 0 Å². The van der Waals surface area contributed by atoms with Crippen LogP contribution in [0.25, 0.3) is 0 Å². The maximum absolute atomic E-state index is 11.8. The first-order valence-corrected chi connectivity index (χ1v) is 6.31. The maximum atomic E-state index is 11.8. The molecule has 0 saturated carbocycles. The highest BCUT2D eigenvalue weighted by Crippen LogP contribution is 2.07. The average molecular weight is 227 g/mol. The van der Waals surface area contributed by atoms with E-state index in [9.17, 15) is 4.79 Å². The second-order valence-corrected chi connectivity index (χ2v) is 5.03. The van der Waals surface area contributed by atoms with E-state index in [1.165, 1.54) is 0 Å². The first kappa shape index (κ1) is 13.5. The van der Waals surface area contributed by atoms with E-state index >= 15 is 0 Å². The smallest absolute Gasteiger partial charge is 0.239 e. The van der Waals surface area contributed by atoms with Crippen molar-refractivity contribution in [2.24, 2.45) is 11.7 Å². The molecule has 16 heavy (non-hydrogen) atoms. The zero-order valence-electron chi connectivity index (χ0n) is 10.8. The van der Waals surface area contributed by atoms with Crippen molar-refractivity contribution in [3.8, 4) is 0 Å². The van der Waals surface area contributed by atoms with Crippen LogP contribution in [0.1, 0.15) is 27.2 Å². The lowest BCUT2D eigenvalue weighted by Crippen LogP contribution is -2.53. The lowest BCUT2D eigenvalue weighted by atomic mass is 10.1. The number of rotatable bonds is 4. The van der Waals surface area contributed by atoms with Gasteiger partial charge in [-0.05, 0) is 12.3 Å². The summed E-state index contributed by atoms with van der Waals surface area (Å²) < 4.78 is 0. The minimum Gasteiger partial charge on any atom is -0.339 e. The molecular weight excluding hydrogens is 202 g/mol. The predicted octanol–water partition coefficient (Wildman–Crippen LogP) is 0.524. The van der Waals surface area contributed by atoms with Gasteiger partial charge in [-0.1, -0.05) is 20.8 Å². The highest BCUT2D eigenvalue weighted by molar-refractivity contribution is 5.81. The Bertz CT molecular complexity index is 222. The first-order chi connectivity index (χ1) is 7.54. The third kappa shape index (κ3) is 3.76. The van der Waals surface area contributed by atoms with Crippen LogP contribution in [0, 0.1) is 5.92 Å². The fraction of sp³-hybridized carbons (Fsp3) is 0.917. The van der Waals surface area contributed by atoms with Crippen LogP contribution in [0.15, 0.2) is 0 Å². The summed E-state index contributed by atoms with van der Waals surface area (Å²) in [6, 6.07) is -0.309. The molecule has 1 fully saturated rings. The van der Waals surface area contributed by atoms with Crippen molar-refractivity contribution in [1.29, 1.82) is 0 Å². The molecular formula is C12H25N3O. The molecule has 0 unspecified atom stereocenters. The molecule has 1 aliphatic rings. The highest BCUT2D eigenvalue weighted by Gasteiger charge is 2.24. The third-order valence-electron chi connectivity index (χ3n) is 3.06. The van der Waals surface area contributed by atoms with Gasteiger partial charge < -0.3 is 10.6 Å². The Morgan fingerprint density at radius 3 is 2.25 bits per heavy atom. The van der Waals surface area contributed by atoms with Crippen LogP contribution in [0.5, 0.6) is 0 Å². The second-order valence-electron chi connectivity index (χ2n) is 5.03. The Balaban J connectivity index is 2.34. The maximum Gasteiger partial charge on any atom is 0.239 e. The van der Waals surface area contributed by atoms with Crippen molar-refractivity contribution in [2.45, 2.75) is 33.2 Å². The van der Waals surface area contributed by atoms with E-state index in [1.54, 1.807) is 0 Å². The van der Waals surface area contributed by atoms with Crippen LogP contribution in [0.3, 0.4) is 0 Å². The fourth-order valence-corrected chi connectivity index (χ4v) is 2.08. The molecule has 1 rings (SSSR count).